The zero-order valence-electron chi connectivity index (χ0n) is 15.3. The number of benzene rings is 2. The van der Waals surface area contributed by atoms with Crippen molar-refractivity contribution in [3.05, 3.63) is 69.5 Å². The number of carbonyl (C=O) groups excluding carboxylic acids is 1. The lowest BCUT2D eigenvalue weighted by Crippen LogP contribution is -2.23. The fraction of sp³-hybridized carbons (Fsp3) is 0.300. The van der Waals surface area contributed by atoms with Crippen LogP contribution in [-0.2, 0) is 6.42 Å². The first-order chi connectivity index (χ1) is 13.5. The third kappa shape index (κ3) is 3.59. The zero-order chi connectivity index (χ0) is 19.7. The number of nitro benzene ring substituents is 1. The first-order valence-corrected chi connectivity index (χ1v) is 9.25. The molecule has 1 fully saturated rings. The lowest BCUT2D eigenvalue weighted by atomic mass is 10.1. The van der Waals surface area contributed by atoms with Gasteiger partial charge in [0, 0.05) is 31.1 Å². The van der Waals surface area contributed by atoms with Crippen LogP contribution in [0.5, 0.6) is 0 Å². The number of carbonyl (C=O) groups is 1. The molecular weight excluding hydrogens is 358 g/mol. The van der Waals surface area contributed by atoms with E-state index in [1.165, 1.54) is 0 Å². The SMILES string of the molecule is NC(=O)c1cccc2[nH]c(C3CCN(CCc4ccc([N+](=O)[O-])cc4)C3)nc12. The number of rotatable bonds is 6. The second-order valence-electron chi connectivity index (χ2n) is 7.15. The molecule has 1 aromatic heterocycles. The van der Waals surface area contributed by atoms with Crippen molar-refractivity contribution in [2.45, 2.75) is 18.8 Å². The van der Waals surface area contributed by atoms with Gasteiger partial charge in [0.25, 0.3) is 11.6 Å². The van der Waals surface area contributed by atoms with Gasteiger partial charge in [-0.1, -0.05) is 18.2 Å². The average Bonchev–Trinajstić information content (AvgIpc) is 3.32. The van der Waals surface area contributed by atoms with Crippen molar-refractivity contribution in [1.82, 2.24) is 14.9 Å². The van der Waals surface area contributed by atoms with Gasteiger partial charge in [0.15, 0.2) is 0 Å². The first kappa shape index (κ1) is 18.1. The van der Waals surface area contributed by atoms with Crippen molar-refractivity contribution in [3.8, 4) is 0 Å². The molecular formula is C20H21N5O3. The highest BCUT2D eigenvalue weighted by Crippen LogP contribution is 2.28. The normalized spacial score (nSPS) is 17.2. The number of nitro groups is 1. The molecule has 3 N–H and O–H groups in total. The number of H-pyrrole nitrogens is 1. The van der Waals surface area contributed by atoms with Crippen LogP contribution in [0.15, 0.2) is 42.5 Å². The van der Waals surface area contributed by atoms with Crippen LogP contribution in [0.4, 0.5) is 5.69 Å². The summed E-state index contributed by atoms with van der Waals surface area (Å²) in [5.41, 5.74) is 8.55. The van der Waals surface area contributed by atoms with Gasteiger partial charge >= 0.3 is 0 Å². The minimum atomic E-state index is -0.472. The number of nitrogens with one attached hydrogen (secondary N) is 1. The molecule has 0 bridgehead atoms. The number of likely N-dealkylation sites (tertiary alicyclic amines) is 1. The Hall–Kier alpha value is -3.26. The molecule has 8 nitrogen and oxygen atoms in total. The number of aromatic amines is 1. The van der Waals surface area contributed by atoms with E-state index in [9.17, 15) is 14.9 Å². The number of nitrogens with zero attached hydrogens (tertiary/aromatic N) is 3. The summed E-state index contributed by atoms with van der Waals surface area (Å²) in [6.45, 7) is 2.75. The maximum absolute atomic E-state index is 11.6. The van der Waals surface area contributed by atoms with Crippen molar-refractivity contribution in [2.75, 3.05) is 19.6 Å². The van der Waals surface area contributed by atoms with E-state index in [1.54, 1.807) is 24.3 Å². The van der Waals surface area contributed by atoms with Crippen LogP contribution in [0.2, 0.25) is 0 Å². The monoisotopic (exact) mass is 379 g/mol. The summed E-state index contributed by atoms with van der Waals surface area (Å²) in [5, 5.41) is 10.7. The number of aromatic nitrogens is 2. The molecule has 2 heterocycles. The summed E-state index contributed by atoms with van der Waals surface area (Å²) in [6.07, 6.45) is 1.84. The molecule has 1 unspecified atom stereocenters. The number of nitrogens with two attached hydrogens (primary N) is 1. The van der Waals surface area contributed by atoms with E-state index in [0.29, 0.717) is 11.1 Å². The van der Waals surface area contributed by atoms with Crippen LogP contribution >= 0.6 is 0 Å². The van der Waals surface area contributed by atoms with E-state index in [-0.39, 0.29) is 16.5 Å². The molecule has 0 spiro atoms. The second kappa shape index (κ2) is 7.40. The third-order valence-corrected chi connectivity index (χ3v) is 5.32. The fourth-order valence-corrected chi connectivity index (χ4v) is 3.77. The van der Waals surface area contributed by atoms with Crippen molar-refractivity contribution < 1.29 is 9.72 Å². The molecule has 4 rings (SSSR count). The van der Waals surface area contributed by atoms with Crippen LogP contribution in [0, 0.1) is 10.1 Å². The molecule has 3 aromatic rings. The lowest BCUT2D eigenvalue weighted by Gasteiger charge is -2.15. The standard InChI is InChI=1S/C20H21N5O3/c21-19(26)16-2-1-3-17-18(16)23-20(22-17)14-9-11-24(12-14)10-8-13-4-6-15(7-5-13)25(27)28/h1-7,14H,8-12H2,(H2,21,26)(H,22,23). The summed E-state index contributed by atoms with van der Waals surface area (Å²) >= 11 is 0. The maximum atomic E-state index is 11.6. The molecule has 0 radical (unpaired) electrons. The number of hydrogen-bond donors (Lipinski definition) is 2. The zero-order valence-corrected chi connectivity index (χ0v) is 15.3. The molecule has 0 saturated carbocycles. The number of hydrogen-bond acceptors (Lipinski definition) is 5. The summed E-state index contributed by atoms with van der Waals surface area (Å²) < 4.78 is 0. The minimum Gasteiger partial charge on any atom is -0.366 e. The molecule has 1 aliphatic rings. The Morgan fingerprint density at radius 1 is 1.29 bits per heavy atom. The Morgan fingerprint density at radius 3 is 2.79 bits per heavy atom. The number of imidazole rings is 1. The third-order valence-electron chi connectivity index (χ3n) is 5.32. The van der Waals surface area contributed by atoms with E-state index in [4.69, 9.17) is 5.73 Å². The first-order valence-electron chi connectivity index (χ1n) is 9.25. The topological polar surface area (TPSA) is 118 Å². The van der Waals surface area contributed by atoms with Crippen LogP contribution in [-0.4, -0.2) is 45.3 Å². The highest BCUT2D eigenvalue weighted by Gasteiger charge is 2.26. The molecule has 0 aliphatic carbocycles. The van der Waals surface area contributed by atoms with Crippen molar-refractivity contribution in [1.29, 1.82) is 0 Å². The predicted molar refractivity (Wildman–Crippen MR) is 105 cm³/mol. The number of fused-ring (bicyclic) bond motifs is 1. The molecule has 1 atom stereocenters. The van der Waals surface area contributed by atoms with Gasteiger partial charge in [-0.25, -0.2) is 4.98 Å². The Morgan fingerprint density at radius 2 is 2.07 bits per heavy atom. The van der Waals surface area contributed by atoms with Crippen molar-refractivity contribution >= 4 is 22.6 Å². The maximum Gasteiger partial charge on any atom is 0.269 e. The fourth-order valence-electron chi connectivity index (χ4n) is 3.77. The summed E-state index contributed by atoms with van der Waals surface area (Å²) in [5.74, 6) is 0.700. The van der Waals surface area contributed by atoms with Gasteiger partial charge in [-0.2, -0.15) is 0 Å². The van der Waals surface area contributed by atoms with Crippen LogP contribution < -0.4 is 5.73 Å². The summed E-state index contributed by atoms with van der Waals surface area (Å²) in [4.78, 5) is 32.3. The van der Waals surface area contributed by atoms with E-state index >= 15 is 0 Å². The molecule has 1 aliphatic heterocycles. The number of amides is 1. The number of primary amides is 1. The van der Waals surface area contributed by atoms with Gasteiger partial charge in [-0.05, 0) is 37.1 Å². The Labute approximate surface area is 161 Å². The largest absolute Gasteiger partial charge is 0.366 e. The Balaban J connectivity index is 1.40. The smallest absolute Gasteiger partial charge is 0.269 e. The highest BCUT2D eigenvalue weighted by molar-refractivity contribution is 6.04. The summed E-state index contributed by atoms with van der Waals surface area (Å²) in [7, 11) is 0. The minimum absolute atomic E-state index is 0.116. The van der Waals surface area contributed by atoms with Gasteiger partial charge in [-0.3, -0.25) is 14.9 Å². The van der Waals surface area contributed by atoms with Crippen LogP contribution in [0.25, 0.3) is 11.0 Å². The predicted octanol–water partition coefficient (Wildman–Crippen LogP) is 2.60. The molecule has 2 aromatic carbocycles. The Kier molecular flexibility index (Phi) is 4.79. The van der Waals surface area contributed by atoms with E-state index < -0.39 is 5.91 Å². The van der Waals surface area contributed by atoms with Gasteiger partial charge in [0.2, 0.25) is 0 Å². The van der Waals surface area contributed by atoms with E-state index in [1.807, 2.05) is 18.2 Å². The van der Waals surface area contributed by atoms with E-state index in [0.717, 1.165) is 49.4 Å². The highest BCUT2D eigenvalue weighted by atomic mass is 16.6. The van der Waals surface area contributed by atoms with Crippen LogP contribution in [0.1, 0.15) is 34.1 Å². The van der Waals surface area contributed by atoms with Gasteiger partial charge in [0.1, 0.15) is 11.3 Å². The molecule has 144 valence electrons. The number of para-hydroxylation sites is 1. The van der Waals surface area contributed by atoms with Gasteiger partial charge in [0.05, 0.1) is 16.0 Å². The van der Waals surface area contributed by atoms with Gasteiger partial charge in [-0.15, -0.1) is 0 Å². The van der Waals surface area contributed by atoms with Crippen molar-refractivity contribution in [2.24, 2.45) is 5.73 Å². The van der Waals surface area contributed by atoms with Gasteiger partial charge < -0.3 is 15.6 Å². The Bertz CT molecular complexity index is 1030. The van der Waals surface area contributed by atoms with Crippen LogP contribution in [0.3, 0.4) is 0 Å². The lowest BCUT2D eigenvalue weighted by molar-refractivity contribution is -0.384. The molecule has 28 heavy (non-hydrogen) atoms. The van der Waals surface area contributed by atoms with Crippen molar-refractivity contribution in [3.63, 3.8) is 0 Å². The van der Waals surface area contributed by atoms with E-state index in [2.05, 4.69) is 14.9 Å². The summed E-state index contributed by atoms with van der Waals surface area (Å²) in [6, 6.07) is 12.1. The number of non-ortho nitro benzene ring substituents is 1. The molecule has 1 amide bonds. The molecule has 1 saturated heterocycles. The average molecular weight is 379 g/mol. The second-order valence-corrected chi connectivity index (χ2v) is 7.15. The molecule has 8 heteroatoms. The quantitative estimate of drug-likeness (QED) is 0.504.